The SMILES string of the molecule is COCOc1c(OC)cc(C2OC(c3cc(OC)c(OCOC)c(OC)c3)C(CC(=O)O)C2CC(=O)O)cc1OC. The number of aliphatic carboxylic acids is 2. The van der Waals surface area contributed by atoms with Gasteiger partial charge in [0.2, 0.25) is 11.5 Å². The van der Waals surface area contributed by atoms with E-state index in [1.54, 1.807) is 24.3 Å². The zero-order valence-electron chi connectivity index (χ0n) is 23.8. The Bertz CT molecular complexity index is 1060. The highest BCUT2D eigenvalue weighted by atomic mass is 16.7. The molecule has 13 nitrogen and oxygen atoms in total. The number of methoxy groups -OCH3 is 6. The molecule has 1 heterocycles. The van der Waals surface area contributed by atoms with Crippen LogP contribution in [0.3, 0.4) is 0 Å². The third kappa shape index (κ3) is 7.23. The molecular weight excluding hydrogens is 544 g/mol. The van der Waals surface area contributed by atoms with E-state index >= 15 is 0 Å². The molecule has 226 valence electrons. The smallest absolute Gasteiger partial charge is 0.303 e. The predicted molar refractivity (Wildman–Crippen MR) is 142 cm³/mol. The highest BCUT2D eigenvalue weighted by molar-refractivity contribution is 5.69. The van der Waals surface area contributed by atoms with Crippen LogP contribution < -0.4 is 28.4 Å². The minimum absolute atomic E-state index is 0.0653. The predicted octanol–water partition coefficient (Wildman–Crippen LogP) is 3.68. The first-order chi connectivity index (χ1) is 19.7. The zero-order chi connectivity index (χ0) is 30.1. The van der Waals surface area contributed by atoms with Gasteiger partial charge in [-0.1, -0.05) is 0 Å². The lowest BCUT2D eigenvalue weighted by Gasteiger charge is -2.23. The maximum Gasteiger partial charge on any atom is 0.303 e. The van der Waals surface area contributed by atoms with Crippen molar-refractivity contribution in [3.63, 3.8) is 0 Å². The molecular formula is C28H36O13. The van der Waals surface area contributed by atoms with Gasteiger partial charge in [-0.05, 0) is 35.4 Å². The van der Waals surface area contributed by atoms with Crippen LogP contribution in [0.5, 0.6) is 34.5 Å². The second-order valence-electron chi connectivity index (χ2n) is 9.11. The van der Waals surface area contributed by atoms with Gasteiger partial charge in [0.15, 0.2) is 36.6 Å². The summed E-state index contributed by atoms with van der Waals surface area (Å²) in [4.78, 5) is 24.0. The van der Waals surface area contributed by atoms with Gasteiger partial charge in [0.1, 0.15) is 0 Å². The first kappa shape index (κ1) is 31.6. The van der Waals surface area contributed by atoms with E-state index in [1.165, 1.54) is 42.7 Å². The van der Waals surface area contributed by atoms with Crippen LogP contribution in [0.1, 0.15) is 36.2 Å². The van der Waals surface area contributed by atoms with Crippen molar-refractivity contribution in [1.29, 1.82) is 0 Å². The van der Waals surface area contributed by atoms with Crippen LogP contribution in [-0.4, -0.2) is 78.4 Å². The molecule has 0 aliphatic carbocycles. The molecule has 2 aromatic carbocycles. The molecule has 4 atom stereocenters. The average molecular weight is 581 g/mol. The third-order valence-electron chi connectivity index (χ3n) is 6.71. The summed E-state index contributed by atoms with van der Waals surface area (Å²) in [6.45, 7) is -0.131. The Kier molecular flexibility index (Phi) is 11.3. The standard InChI is InChI=1S/C28H36O13/c1-33-13-39-27-19(35-3)7-15(8-20(27)36-4)25-17(11-23(29)30)18(12-24(31)32)26(41-25)16-9-21(37-5)28(40-14-34-2)22(10-16)38-6/h7-10,17-18,25-26H,11-14H2,1-6H3,(H,29,30)(H,31,32). The van der Waals surface area contributed by atoms with E-state index < -0.39 is 36.0 Å². The van der Waals surface area contributed by atoms with E-state index in [-0.39, 0.29) is 37.9 Å². The highest BCUT2D eigenvalue weighted by Gasteiger charge is 2.48. The average Bonchev–Trinajstić information content (AvgIpc) is 3.30. The lowest BCUT2D eigenvalue weighted by molar-refractivity contribution is -0.141. The van der Waals surface area contributed by atoms with Crippen LogP contribution >= 0.6 is 0 Å². The quantitative estimate of drug-likeness (QED) is 0.277. The van der Waals surface area contributed by atoms with Crippen molar-refractivity contribution in [2.24, 2.45) is 11.8 Å². The third-order valence-corrected chi connectivity index (χ3v) is 6.71. The fraction of sp³-hybridized carbons (Fsp3) is 0.500. The van der Waals surface area contributed by atoms with Crippen LogP contribution in [0.15, 0.2) is 24.3 Å². The molecule has 0 bridgehead atoms. The van der Waals surface area contributed by atoms with E-state index in [1.807, 2.05) is 0 Å². The first-order valence-electron chi connectivity index (χ1n) is 12.6. The fourth-order valence-corrected chi connectivity index (χ4v) is 5.03. The zero-order valence-corrected chi connectivity index (χ0v) is 23.8. The summed E-state index contributed by atoms with van der Waals surface area (Å²) in [5, 5.41) is 19.6. The van der Waals surface area contributed by atoms with Crippen LogP contribution in [0.2, 0.25) is 0 Å². The molecule has 3 rings (SSSR count). The maximum atomic E-state index is 12.0. The number of hydrogen-bond acceptors (Lipinski definition) is 11. The van der Waals surface area contributed by atoms with Crippen molar-refractivity contribution in [3.8, 4) is 34.5 Å². The first-order valence-corrected chi connectivity index (χ1v) is 12.6. The summed E-state index contributed by atoms with van der Waals surface area (Å²) in [5.74, 6) is -1.91. The Morgan fingerprint density at radius 1 is 0.634 bits per heavy atom. The number of carboxylic acid groups (broad SMARTS) is 2. The summed E-state index contributed by atoms with van der Waals surface area (Å²) < 4.78 is 49.9. The minimum atomic E-state index is -1.10. The molecule has 4 unspecified atom stereocenters. The van der Waals surface area contributed by atoms with Crippen LogP contribution in [0.25, 0.3) is 0 Å². The highest BCUT2D eigenvalue weighted by Crippen LogP contribution is 2.55. The van der Waals surface area contributed by atoms with Gasteiger partial charge in [0.05, 0.1) is 53.5 Å². The van der Waals surface area contributed by atoms with E-state index in [2.05, 4.69) is 0 Å². The molecule has 0 amide bonds. The van der Waals surface area contributed by atoms with Crippen molar-refractivity contribution in [3.05, 3.63) is 35.4 Å². The molecule has 2 N–H and O–H groups in total. The Hall–Kier alpha value is -3.94. The molecule has 1 saturated heterocycles. The normalized spacial score (nSPS) is 19.9. The second-order valence-corrected chi connectivity index (χ2v) is 9.11. The van der Waals surface area contributed by atoms with Crippen LogP contribution in [0.4, 0.5) is 0 Å². The van der Waals surface area contributed by atoms with Gasteiger partial charge in [-0.3, -0.25) is 9.59 Å². The molecule has 1 aliphatic heterocycles. The van der Waals surface area contributed by atoms with E-state index in [9.17, 15) is 19.8 Å². The number of carbonyl (C=O) groups is 2. The van der Waals surface area contributed by atoms with E-state index in [4.69, 9.17) is 42.6 Å². The van der Waals surface area contributed by atoms with Crippen molar-refractivity contribution in [1.82, 2.24) is 0 Å². The summed E-state index contributed by atoms with van der Waals surface area (Å²) in [5.41, 5.74) is 1.04. The maximum absolute atomic E-state index is 12.0. The Morgan fingerprint density at radius 2 is 0.951 bits per heavy atom. The molecule has 0 saturated carbocycles. The summed E-state index contributed by atoms with van der Waals surface area (Å²) in [7, 11) is 8.74. The summed E-state index contributed by atoms with van der Waals surface area (Å²) in [6.07, 6.45) is -2.40. The lowest BCUT2D eigenvalue weighted by Crippen LogP contribution is -2.23. The van der Waals surface area contributed by atoms with E-state index in [0.29, 0.717) is 34.1 Å². The Balaban J connectivity index is 2.17. The van der Waals surface area contributed by atoms with Gasteiger partial charge in [0.25, 0.3) is 0 Å². The molecule has 1 aliphatic rings. The number of benzene rings is 2. The van der Waals surface area contributed by atoms with Crippen molar-refractivity contribution in [2.45, 2.75) is 25.0 Å². The van der Waals surface area contributed by atoms with Crippen molar-refractivity contribution in [2.75, 3.05) is 56.2 Å². The number of ether oxygens (including phenoxy) is 9. The number of hydrogen-bond donors (Lipinski definition) is 2. The molecule has 41 heavy (non-hydrogen) atoms. The molecule has 0 aromatic heterocycles. The summed E-state index contributed by atoms with van der Waals surface area (Å²) in [6, 6.07) is 6.60. The fourth-order valence-electron chi connectivity index (χ4n) is 5.03. The Morgan fingerprint density at radius 3 is 1.20 bits per heavy atom. The van der Waals surface area contributed by atoms with Crippen molar-refractivity contribution >= 4 is 11.9 Å². The van der Waals surface area contributed by atoms with Gasteiger partial charge >= 0.3 is 11.9 Å². The molecule has 0 spiro atoms. The Labute approximate surface area is 237 Å². The van der Waals surface area contributed by atoms with Crippen molar-refractivity contribution < 1.29 is 62.4 Å². The second kappa shape index (κ2) is 14.6. The molecule has 0 radical (unpaired) electrons. The van der Waals surface area contributed by atoms with Crippen LogP contribution in [-0.2, 0) is 23.8 Å². The number of carboxylic acids is 2. The van der Waals surface area contributed by atoms with Gasteiger partial charge in [-0.2, -0.15) is 0 Å². The van der Waals surface area contributed by atoms with Crippen LogP contribution in [0, 0.1) is 11.8 Å². The minimum Gasteiger partial charge on any atom is -0.493 e. The molecule has 2 aromatic rings. The van der Waals surface area contributed by atoms with E-state index in [0.717, 1.165) is 0 Å². The lowest BCUT2D eigenvalue weighted by atomic mass is 9.79. The van der Waals surface area contributed by atoms with Gasteiger partial charge in [-0.15, -0.1) is 0 Å². The van der Waals surface area contributed by atoms with Gasteiger partial charge in [0, 0.05) is 26.1 Å². The molecule has 13 heteroatoms. The summed E-state index contributed by atoms with van der Waals surface area (Å²) >= 11 is 0. The number of rotatable bonds is 16. The molecule has 1 fully saturated rings. The largest absolute Gasteiger partial charge is 0.493 e. The van der Waals surface area contributed by atoms with Gasteiger partial charge < -0.3 is 52.8 Å². The topological polar surface area (TPSA) is 158 Å². The van der Waals surface area contributed by atoms with Gasteiger partial charge in [-0.25, -0.2) is 0 Å². The monoisotopic (exact) mass is 580 g/mol.